The second kappa shape index (κ2) is 7.47. The van der Waals surface area contributed by atoms with Gasteiger partial charge in [-0.15, -0.1) is 0 Å². The summed E-state index contributed by atoms with van der Waals surface area (Å²) in [6.07, 6.45) is 3.82. The summed E-state index contributed by atoms with van der Waals surface area (Å²) in [5.41, 5.74) is 2.66. The Labute approximate surface area is 145 Å². The normalized spacial score (nSPS) is 12.2. The van der Waals surface area contributed by atoms with Gasteiger partial charge in [0.2, 0.25) is 5.91 Å². The fourth-order valence-corrected chi connectivity index (χ4v) is 2.79. The van der Waals surface area contributed by atoms with Gasteiger partial charge in [-0.2, -0.15) is 0 Å². The highest BCUT2D eigenvalue weighted by molar-refractivity contribution is 6.30. The van der Waals surface area contributed by atoms with Crippen LogP contribution >= 0.6 is 11.6 Å². The van der Waals surface area contributed by atoms with Crippen LogP contribution in [0.15, 0.2) is 48.8 Å². The number of hydrogen-bond donors (Lipinski definition) is 2. The number of ether oxygens (including phenoxy) is 1. The second-order valence-corrected chi connectivity index (χ2v) is 5.95. The van der Waals surface area contributed by atoms with Gasteiger partial charge in [0.15, 0.2) is 0 Å². The number of halogens is 1. The molecule has 6 heteroatoms. The van der Waals surface area contributed by atoms with Gasteiger partial charge >= 0.3 is 0 Å². The molecule has 0 spiro atoms. The molecule has 0 saturated carbocycles. The van der Waals surface area contributed by atoms with Crippen LogP contribution in [-0.4, -0.2) is 29.6 Å². The maximum atomic E-state index is 12.5. The predicted molar refractivity (Wildman–Crippen MR) is 94.0 cm³/mol. The summed E-state index contributed by atoms with van der Waals surface area (Å²) in [5.74, 6) is -0.0725. The maximum Gasteiger partial charge on any atom is 0.225 e. The van der Waals surface area contributed by atoms with E-state index in [4.69, 9.17) is 16.3 Å². The number of carbonyl (C=O) groups is 1. The Balaban J connectivity index is 1.72. The number of pyridine rings is 1. The highest BCUT2D eigenvalue weighted by Crippen LogP contribution is 2.19. The maximum absolute atomic E-state index is 12.5. The number of rotatable bonds is 6. The van der Waals surface area contributed by atoms with E-state index in [1.165, 1.54) is 0 Å². The molecule has 2 N–H and O–H groups in total. The van der Waals surface area contributed by atoms with Crippen molar-refractivity contribution in [3.63, 3.8) is 0 Å². The van der Waals surface area contributed by atoms with Crippen LogP contribution in [0.5, 0.6) is 0 Å². The number of benzene rings is 1. The third kappa shape index (κ3) is 3.75. The van der Waals surface area contributed by atoms with Crippen LogP contribution in [0.3, 0.4) is 0 Å². The Kier molecular flexibility index (Phi) is 5.13. The quantitative estimate of drug-likeness (QED) is 0.722. The van der Waals surface area contributed by atoms with Crippen molar-refractivity contribution in [3.8, 4) is 0 Å². The molecule has 0 radical (unpaired) electrons. The minimum absolute atomic E-state index is 0.0725. The average molecular weight is 344 g/mol. The first-order chi connectivity index (χ1) is 11.7. The number of H-pyrrole nitrogens is 1. The molecule has 1 amide bonds. The number of aromatic amines is 1. The van der Waals surface area contributed by atoms with Gasteiger partial charge in [-0.25, -0.2) is 4.98 Å². The van der Waals surface area contributed by atoms with Crippen molar-refractivity contribution in [1.29, 1.82) is 0 Å². The monoisotopic (exact) mass is 343 g/mol. The van der Waals surface area contributed by atoms with Crippen molar-refractivity contribution in [2.45, 2.75) is 12.5 Å². The topological polar surface area (TPSA) is 67.0 Å². The first-order valence-corrected chi connectivity index (χ1v) is 8.00. The number of methoxy groups -OCH3 is 1. The first-order valence-electron chi connectivity index (χ1n) is 7.62. The van der Waals surface area contributed by atoms with Gasteiger partial charge in [0, 0.05) is 29.9 Å². The summed E-state index contributed by atoms with van der Waals surface area (Å²) in [6, 6.07) is 11.0. The molecule has 1 aromatic carbocycles. The lowest BCUT2D eigenvalue weighted by atomic mass is 10.1. The van der Waals surface area contributed by atoms with Gasteiger partial charge in [0.05, 0.1) is 19.1 Å². The molecular weight excluding hydrogens is 326 g/mol. The fraction of sp³-hybridized carbons (Fsp3) is 0.222. The summed E-state index contributed by atoms with van der Waals surface area (Å²) in [4.78, 5) is 19.8. The second-order valence-electron chi connectivity index (χ2n) is 5.52. The molecule has 0 aliphatic heterocycles. The van der Waals surface area contributed by atoms with Crippen LogP contribution in [0.25, 0.3) is 11.0 Å². The van der Waals surface area contributed by atoms with Crippen molar-refractivity contribution in [2.75, 3.05) is 13.7 Å². The van der Waals surface area contributed by atoms with Gasteiger partial charge in [0.1, 0.15) is 5.65 Å². The minimum Gasteiger partial charge on any atom is -0.382 e. The van der Waals surface area contributed by atoms with E-state index in [9.17, 15) is 4.79 Å². The molecule has 0 aliphatic carbocycles. The molecule has 124 valence electrons. The molecule has 2 aromatic heterocycles. The summed E-state index contributed by atoms with van der Waals surface area (Å²) < 4.78 is 5.23. The lowest BCUT2D eigenvalue weighted by Crippen LogP contribution is -2.32. The fourth-order valence-electron chi connectivity index (χ4n) is 2.66. The molecule has 24 heavy (non-hydrogen) atoms. The van der Waals surface area contributed by atoms with Crippen LogP contribution in [0, 0.1) is 0 Å². The van der Waals surface area contributed by atoms with Crippen molar-refractivity contribution < 1.29 is 9.53 Å². The number of amides is 1. The number of carbonyl (C=O) groups excluding carboxylic acids is 1. The Morgan fingerprint density at radius 2 is 2.12 bits per heavy atom. The zero-order chi connectivity index (χ0) is 16.9. The first kappa shape index (κ1) is 16.5. The Hall–Kier alpha value is -2.37. The molecule has 3 aromatic rings. The molecule has 0 fully saturated rings. The van der Waals surface area contributed by atoms with E-state index >= 15 is 0 Å². The van der Waals surface area contributed by atoms with Crippen LogP contribution < -0.4 is 5.32 Å². The van der Waals surface area contributed by atoms with Crippen LogP contribution in [0.4, 0.5) is 0 Å². The Morgan fingerprint density at radius 1 is 1.33 bits per heavy atom. The largest absolute Gasteiger partial charge is 0.382 e. The van der Waals surface area contributed by atoms with Crippen molar-refractivity contribution in [3.05, 3.63) is 64.9 Å². The average Bonchev–Trinajstić information content (AvgIpc) is 2.98. The molecule has 1 atom stereocenters. The van der Waals surface area contributed by atoms with E-state index in [1.807, 2.05) is 30.5 Å². The SMILES string of the molecule is COCC(NC(=O)Cc1c[nH]c2ncccc12)c1ccc(Cl)cc1. The van der Waals surface area contributed by atoms with Crippen molar-refractivity contribution in [2.24, 2.45) is 0 Å². The zero-order valence-electron chi connectivity index (χ0n) is 13.3. The molecule has 0 saturated heterocycles. The van der Waals surface area contributed by atoms with E-state index < -0.39 is 0 Å². The number of nitrogens with one attached hydrogen (secondary N) is 2. The minimum atomic E-state index is -0.219. The highest BCUT2D eigenvalue weighted by atomic mass is 35.5. The van der Waals surface area contributed by atoms with Crippen LogP contribution in [-0.2, 0) is 16.0 Å². The summed E-state index contributed by atoms with van der Waals surface area (Å²) in [6.45, 7) is 0.392. The highest BCUT2D eigenvalue weighted by Gasteiger charge is 2.16. The smallest absolute Gasteiger partial charge is 0.225 e. The van der Waals surface area contributed by atoms with Crippen LogP contribution in [0.1, 0.15) is 17.2 Å². The number of aromatic nitrogens is 2. The summed E-state index contributed by atoms with van der Waals surface area (Å²) in [5, 5.41) is 4.64. The van der Waals surface area contributed by atoms with E-state index in [1.54, 1.807) is 25.4 Å². The molecule has 1 unspecified atom stereocenters. The van der Waals surface area contributed by atoms with Crippen molar-refractivity contribution >= 4 is 28.5 Å². The Bertz CT molecular complexity index is 830. The van der Waals surface area contributed by atoms with Crippen LogP contribution in [0.2, 0.25) is 5.02 Å². The summed E-state index contributed by atoms with van der Waals surface area (Å²) in [7, 11) is 1.61. The van der Waals surface area contributed by atoms with Crippen molar-refractivity contribution in [1.82, 2.24) is 15.3 Å². The molecular formula is C18H18ClN3O2. The molecule has 0 aliphatic rings. The van der Waals surface area contributed by atoms with E-state index in [0.29, 0.717) is 11.6 Å². The standard InChI is InChI=1S/C18H18ClN3O2/c1-24-11-16(12-4-6-14(19)7-5-12)22-17(23)9-13-10-21-18-15(13)3-2-8-20-18/h2-8,10,16H,9,11H2,1H3,(H,20,21)(H,22,23). The third-order valence-electron chi connectivity index (χ3n) is 3.83. The summed E-state index contributed by atoms with van der Waals surface area (Å²) >= 11 is 5.92. The third-order valence-corrected chi connectivity index (χ3v) is 4.08. The van der Waals surface area contributed by atoms with E-state index in [2.05, 4.69) is 15.3 Å². The number of nitrogens with zero attached hydrogens (tertiary/aromatic N) is 1. The van der Waals surface area contributed by atoms with E-state index in [0.717, 1.165) is 22.2 Å². The number of hydrogen-bond acceptors (Lipinski definition) is 3. The van der Waals surface area contributed by atoms with Gasteiger partial charge < -0.3 is 15.0 Å². The van der Waals surface area contributed by atoms with Gasteiger partial charge in [-0.3, -0.25) is 4.79 Å². The number of fused-ring (bicyclic) bond motifs is 1. The lowest BCUT2D eigenvalue weighted by Gasteiger charge is -2.18. The molecule has 2 heterocycles. The molecule has 0 bridgehead atoms. The van der Waals surface area contributed by atoms with Gasteiger partial charge in [-0.05, 0) is 35.4 Å². The molecule has 5 nitrogen and oxygen atoms in total. The predicted octanol–water partition coefficient (Wildman–Crippen LogP) is 3.26. The van der Waals surface area contributed by atoms with Gasteiger partial charge in [0.25, 0.3) is 0 Å². The molecule has 3 rings (SSSR count). The zero-order valence-corrected chi connectivity index (χ0v) is 14.0. The lowest BCUT2D eigenvalue weighted by molar-refractivity contribution is -0.121. The van der Waals surface area contributed by atoms with E-state index in [-0.39, 0.29) is 18.4 Å². The van der Waals surface area contributed by atoms with Gasteiger partial charge in [-0.1, -0.05) is 23.7 Å². The Morgan fingerprint density at radius 3 is 2.88 bits per heavy atom.